The van der Waals surface area contributed by atoms with E-state index in [-0.39, 0.29) is 11.6 Å². The van der Waals surface area contributed by atoms with Gasteiger partial charge in [-0.15, -0.1) is 0 Å². The van der Waals surface area contributed by atoms with Gasteiger partial charge in [0.05, 0.1) is 18.1 Å². The lowest BCUT2D eigenvalue weighted by atomic mass is 10.1. The van der Waals surface area contributed by atoms with Gasteiger partial charge in [0.15, 0.2) is 5.69 Å². The number of hydrogen-bond donors (Lipinski definition) is 1. The SMILES string of the molecule is CCC(=O)Nc1ccc(-c2cncc(C(F)(F)F)n2)cc1. The Morgan fingerprint density at radius 1 is 1.19 bits per heavy atom. The normalized spacial score (nSPS) is 11.2. The van der Waals surface area contributed by atoms with Crippen molar-refractivity contribution in [1.82, 2.24) is 9.97 Å². The van der Waals surface area contributed by atoms with Gasteiger partial charge in [0.1, 0.15) is 0 Å². The predicted molar refractivity (Wildman–Crippen MR) is 71.4 cm³/mol. The van der Waals surface area contributed by atoms with Crippen molar-refractivity contribution < 1.29 is 18.0 Å². The molecule has 0 aliphatic rings. The third-order valence-electron chi connectivity index (χ3n) is 2.71. The summed E-state index contributed by atoms with van der Waals surface area (Å²) in [4.78, 5) is 18.3. The van der Waals surface area contributed by atoms with Gasteiger partial charge in [-0.2, -0.15) is 13.2 Å². The third kappa shape index (κ3) is 3.77. The summed E-state index contributed by atoms with van der Waals surface area (Å²) in [5.41, 5.74) is 0.148. The second-order valence-electron chi connectivity index (χ2n) is 4.27. The summed E-state index contributed by atoms with van der Waals surface area (Å²) in [6, 6.07) is 6.36. The molecule has 110 valence electrons. The van der Waals surface area contributed by atoms with E-state index in [1.165, 1.54) is 6.20 Å². The van der Waals surface area contributed by atoms with Gasteiger partial charge in [0, 0.05) is 17.7 Å². The molecule has 1 aromatic heterocycles. The Labute approximate surface area is 119 Å². The number of alkyl halides is 3. The van der Waals surface area contributed by atoms with Crippen LogP contribution in [0.15, 0.2) is 36.7 Å². The number of anilines is 1. The maximum absolute atomic E-state index is 12.6. The predicted octanol–water partition coefficient (Wildman–Crippen LogP) is 3.51. The lowest BCUT2D eigenvalue weighted by Gasteiger charge is -2.08. The van der Waals surface area contributed by atoms with Crippen LogP contribution in [0.1, 0.15) is 19.0 Å². The van der Waals surface area contributed by atoms with E-state index in [9.17, 15) is 18.0 Å². The summed E-state index contributed by atoms with van der Waals surface area (Å²) in [6.07, 6.45) is -2.24. The maximum Gasteiger partial charge on any atom is 0.434 e. The van der Waals surface area contributed by atoms with Crippen molar-refractivity contribution >= 4 is 11.6 Å². The van der Waals surface area contributed by atoms with Crippen LogP contribution in [-0.4, -0.2) is 15.9 Å². The summed E-state index contributed by atoms with van der Waals surface area (Å²) < 4.78 is 37.7. The molecule has 1 heterocycles. The van der Waals surface area contributed by atoms with Crippen molar-refractivity contribution in [2.75, 3.05) is 5.32 Å². The molecular formula is C14H12F3N3O. The second-order valence-corrected chi connectivity index (χ2v) is 4.27. The standard InChI is InChI=1S/C14H12F3N3O/c1-2-13(21)19-10-5-3-9(4-6-10)11-7-18-8-12(20-11)14(15,16)17/h3-8H,2H2,1H3,(H,19,21). The van der Waals surface area contributed by atoms with E-state index in [0.717, 1.165) is 0 Å². The van der Waals surface area contributed by atoms with Crippen molar-refractivity contribution in [1.29, 1.82) is 0 Å². The van der Waals surface area contributed by atoms with E-state index in [2.05, 4.69) is 15.3 Å². The highest BCUT2D eigenvalue weighted by molar-refractivity contribution is 5.90. The first kappa shape index (κ1) is 15.0. The van der Waals surface area contributed by atoms with E-state index in [4.69, 9.17) is 0 Å². The van der Waals surface area contributed by atoms with Crippen LogP contribution >= 0.6 is 0 Å². The summed E-state index contributed by atoms with van der Waals surface area (Å²) in [5.74, 6) is -0.137. The van der Waals surface area contributed by atoms with Crippen molar-refractivity contribution in [3.05, 3.63) is 42.4 Å². The number of hydrogen-bond acceptors (Lipinski definition) is 3. The Morgan fingerprint density at radius 3 is 2.43 bits per heavy atom. The fourth-order valence-electron chi connectivity index (χ4n) is 1.62. The van der Waals surface area contributed by atoms with Gasteiger partial charge >= 0.3 is 6.18 Å². The molecule has 4 nitrogen and oxygen atoms in total. The van der Waals surface area contributed by atoms with E-state index in [0.29, 0.717) is 23.9 Å². The number of halogens is 3. The summed E-state index contributed by atoms with van der Waals surface area (Å²) in [6.45, 7) is 1.72. The third-order valence-corrected chi connectivity index (χ3v) is 2.71. The highest BCUT2D eigenvalue weighted by atomic mass is 19.4. The molecule has 1 amide bonds. The first-order valence-electron chi connectivity index (χ1n) is 6.19. The molecule has 7 heteroatoms. The monoisotopic (exact) mass is 295 g/mol. The summed E-state index contributed by atoms with van der Waals surface area (Å²) >= 11 is 0. The van der Waals surface area contributed by atoms with Gasteiger partial charge in [-0.3, -0.25) is 9.78 Å². The van der Waals surface area contributed by atoms with Gasteiger partial charge in [-0.25, -0.2) is 4.98 Å². The average molecular weight is 295 g/mol. The Morgan fingerprint density at radius 2 is 1.86 bits per heavy atom. The van der Waals surface area contributed by atoms with Crippen LogP contribution in [0.2, 0.25) is 0 Å². The number of aromatic nitrogens is 2. The lowest BCUT2D eigenvalue weighted by molar-refractivity contribution is -0.141. The molecule has 1 N–H and O–H groups in total. The van der Waals surface area contributed by atoms with E-state index in [1.54, 1.807) is 31.2 Å². The first-order chi connectivity index (χ1) is 9.90. The largest absolute Gasteiger partial charge is 0.434 e. The van der Waals surface area contributed by atoms with E-state index < -0.39 is 11.9 Å². The molecular weight excluding hydrogens is 283 g/mol. The highest BCUT2D eigenvalue weighted by Gasteiger charge is 2.33. The fraction of sp³-hybridized carbons (Fsp3) is 0.214. The topological polar surface area (TPSA) is 54.9 Å². The molecule has 0 saturated carbocycles. The molecule has 0 atom stereocenters. The summed E-state index contributed by atoms with van der Waals surface area (Å²) in [7, 11) is 0. The van der Waals surface area contributed by atoms with Crippen LogP contribution in [0.25, 0.3) is 11.3 Å². The lowest BCUT2D eigenvalue weighted by Crippen LogP contribution is -2.09. The van der Waals surface area contributed by atoms with E-state index in [1.807, 2.05) is 0 Å². The van der Waals surface area contributed by atoms with E-state index >= 15 is 0 Å². The van der Waals surface area contributed by atoms with Gasteiger partial charge in [0.2, 0.25) is 5.91 Å². The molecule has 0 fully saturated rings. The van der Waals surface area contributed by atoms with Crippen LogP contribution in [0.5, 0.6) is 0 Å². The highest BCUT2D eigenvalue weighted by Crippen LogP contribution is 2.28. The zero-order valence-corrected chi connectivity index (χ0v) is 11.1. The van der Waals surface area contributed by atoms with Gasteiger partial charge in [0.25, 0.3) is 0 Å². The zero-order chi connectivity index (χ0) is 15.5. The Bertz CT molecular complexity index is 639. The number of benzene rings is 1. The zero-order valence-electron chi connectivity index (χ0n) is 11.1. The van der Waals surface area contributed by atoms with Crippen molar-refractivity contribution in [3.63, 3.8) is 0 Å². The molecule has 0 spiro atoms. The minimum atomic E-state index is -4.53. The van der Waals surface area contributed by atoms with Crippen molar-refractivity contribution in [3.8, 4) is 11.3 Å². The average Bonchev–Trinajstić information content (AvgIpc) is 2.47. The molecule has 0 radical (unpaired) electrons. The molecule has 0 unspecified atom stereocenters. The minimum Gasteiger partial charge on any atom is -0.326 e. The number of nitrogens with zero attached hydrogens (tertiary/aromatic N) is 2. The Balaban J connectivity index is 2.25. The molecule has 2 rings (SSSR count). The van der Waals surface area contributed by atoms with Crippen molar-refractivity contribution in [2.24, 2.45) is 0 Å². The van der Waals surface area contributed by atoms with Crippen LogP contribution in [0, 0.1) is 0 Å². The van der Waals surface area contributed by atoms with Crippen LogP contribution < -0.4 is 5.32 Å². The van der Waals surface area contributed by atoms with Gasteiger partial charge in [-0.05, 0) is 12.1 Å². The quantitative estimate of drug-likeness (QED) is 0.942. The molecule has 0 bridgehead atoms. The molecule has 2 aromatic rings. The van der Waals surface area contributed by atoms with Gasteiger partial charge in [-0.1, -0.05) is 19.1 Å². The minimum absolute atomic E-state index is 0.123. The molecule has 0 aliphatic heterocycles. The van der Waals surface area contributed by atoms with Crippen molar-refractivity contribution in [2.45, 2.75) is 19.5 Å². The van der Waals surface area contributed by atoms with Crippen LogP contribution in [0.3, 0.4) is 0 Å². The van der Waals surface area contributed by atoms with Gasteiger partial charge < -0.3 is 5.32 Å². The molecule has 0 aliphatic carbocycles. The second kappa shape index (κ2) is 5.90. The molecule has 0 saturated heterocycles. The number of nitrogens with one attached hydrogen (secondary N) is 1. The number of carbonyl (C=O) groups excluding carboxylic acids is 1. The maximum atomic E-state index is 12.6. The number of amides is 1. The first-order valence-corrected chi connectivity index (χ1v) is 6.19. The number of rotatable bonds is 3. The fourth-order valence-corrected chi connectivity index (χ4v) is 1.62. The molecule has 1 aromatic carbocycles. The molecule has 21 heavy (non-hydrogen) atoms. The number of carbonyl (C=O) groups is 1. The Kier molecular flexibility index (Phi) is 4.21. The smallest absolute Gasteiger partial charge is 0.326 e. The summed E-state index contributed by atoms with van der Waals surface area (Å²) in [5, 5.41) is 2.65. The Hall–Kier alpha value is -2.44. The van der Waals surface area contributed by atoms with Crippen LogP contribution in [0.4, 0.5) is 18.9 Å². The van der Waals surface area contributed by atoms with Crippen LogP contribution in [-0.2, 0) is 11.0 Å².